The van der Waals surface area contributed by atoms with E-state index in [1.165, 1.54) is 11.8 Å². The van der Waals surface area contributed by atoms with E-state index in [0.29, 0.717) is 5.75 Å². The van der Waals surface area contributed by atoms with Crippen molar-refractivity contribution < 1.29 is 9.90 Å². The van der Waals surface area contributed by atoms with Gasteiger partial charge in [0.1, 0.15) is 5.75 Å². The van der Waals surface area contributed by atoms with Crippen molar-refractivity contribution in [2.24, 2.45) is 0 Å². The Hall–Kier alpha value is -1.16. The summed E-state index contributed by atoms with van der Waals surface area (Å²) in [7, 11) is 3.46. The molecule has 0 aliphatic heterocycles. The number of phenolic OH excluding ortho intramolecular Hbond substituents is 1. The van der Waals surface area contributed by atoms with Crippen LogP contribution in [0.4, 0.5) is 0 Å². The van der Waals surface area contributed by atoms with Crippen molar-refractivity contribution in [2.75, 3.05) is 19.8 Å². The summed E-state index contributed by atoms with van der Waals surface area (Å²) in [5, 5.41) is 9.18. The van der Waals surface area contributed by atoms with E-state index in [0.717, 1.165) is 4.90 Å². The summed E-state index contributed by atoms with van der Waals surface area (Å²) in [5.74, 6) is 0.696. The van der Waals surface area contributed by atoms with Gasteiger partial charge in [-0.05, 0) is 18.2 Å². The quantitative estimate of drug-likeness (QED) is 0.772. The van der Waals surface area contributed by atoms with Crippen molar-refractivity contribution in [1.82, 2.24) is 4.90 Å². The SMILES string of the molecule is CN(C)C(=O)CSc1cccc(O)c1. The van der Waals surface area contributed by atoms with Crippen LogP contribution in [0.1, 0.15) is 0 Å². The largest absolute Gasteiger partial charge is 0.508 e. The molecule has 0 fully saturated rings. The van der Waals surface area contributed by atoms with E-state index >= 15 is 0 Å². The maximum atomic E-state index is 11.2. The van der Waals surface area contributed by atoms with E-state index in [4.69, 9.17) is 0 Å². The standard InChI is InChI=1S/C10H13NO2S/c1-11(2)10(13)7-14-9-5-3-4-8(12)6-9/h3-6,12H,7H2,1-2H3. The van der Waals surface area contributed by atoms with Crippen molar-refractivity contribution in [3.8, 4) is 5.75 Å². The maximum Gasteiger partial charge on any atom is 0.232 e. The molecule has 0 saturated heterocycles. The minimum atomic E-state index is 0.0679. The van der Waals surface area contributed by atoms with Gasteiger partial charge in [0.05, 0.1) is 5.75 Å². The molecule has 0 aromatic heterocycles. The number of benzene rings is 1. The van der Waals surface area contributed by atoms with Crippen molar-refractivity contribution in [1.29, 1.82) is 0 Å². The first-order valence-corrected chi connectivity index (χ1v) is 5.20. The molecule has 14 heavy (non-hydrogen) atoms. The van der Waals surface area contributed by atoms with Crippen LogP contribution in [0.15, 0.2) is 29.2 Å². The Morgan fingerprint density at radius 3 is 2.79 bits per heavy atom. The first-order chi connectivity index (χ1) is 6.59. The molecule has 0 aliphatic rings. The molecule has 0 radical (unpaired) electrons. The molecular formula is C10H13NO2S. The van der Waals surface area contributed by atoms with Crippen LogP contribution in [0, 0.1) is 0 Å². The van der Waals surface area contributed by atoms with Crippen LogP contribution >= 0.6 is 11.8 Å². The highest BCUT2D eigenvalue weighted by Gasteiger charge is 2.04. The van der Waals surface area contributed by atoms with Crippen LogP contribution in [0.3, 0.4) is 0 Å². The zero-order valence-electron chi connectivity index (χ0n) is 8.23. The van der Waals surface area contributed by atoms with E-state index < -0.39 is 0 Å². The first kappa shape index (κ1) is 10.9. The first-order valence-electron chi connectivity index (χ1n) is 4.21. The van der Waals surface area contributed by atoms with Crippen LogP contribution in [-0.2, 0) is 4.79 Å². The Morgan fingerprint density at radius 1 is 1.50 bits per heavy atom. The van der Waals surface area contributed by atoms with Gasteiger partial charge in [0.15, 0.2) is 0 Å². The molecule has 0 heterocycles. The Labute approximate surface area is 87.7 Å². The fourth-order valence-electron chi connectivity index (χ4n) is 0.847. The average molecular weight is 211 g/mol. The number of hydrogen-bond acceptors (Lipinski definition) is 3. The van der Waals surface area contributed by atoms with Crippen molar-refractivity contribution in [2.45, 2.75) is 4.90 Å². The van der Waals surface area contributed by atoms with Gasteiger partial charge in [0.2, 0.25) is 5.91 Å². The molecular weight excluding hydrogens is 198 g/mol. The third-order valence-corrected chi connectivity index (χ3v) is 2.66. The summed E-state index contributed by atoms with van der Waals surface area (Å²) in [6.07, 6.45) is 0. The van der Waals surface area contributed by atoms with Gasteiger partial charge in [0, 0.05) is 19.0 Å². The zero-order chi connectivity index (χ0) is 10.6. The monoisotopic (exact) mass is 211 g/mol. The number of aromatic hydroxyl groups is 1. The lowest BCUT2D eigenvalue weighted by Crippen LogP contribution is -2.23. The number of carbonyl (C=O) groups excluding carboxylic acids is 1. The molecule has 0 bridgehead atoms. The minimum Gasteiger partial charge on any atom is -0.508 e. The molecule has 0 unspecified atom stereocenters. The number of carbonyl (C=O) groups is 1. The summed E-state index contributed by atoms with van der Waals surface area (Å²) >= 11 is 1.42. The van der Waals surface area contributed by atoms with Crippen LogP contribution in [-0.4, -0.2) is 35.8 Å². The number of amides is 1. The van der Waals surface area contributed by atoms with Gasteiger partial charge in [-0.3, -0.25) is 4.79 Å². The Kier molecular flexibility index (Phi) is 3.83. The zero-order valence-corrected chi connectivity index (χ0v) is 9.04. The van der Waals surface area contributed by atoms with Gasteiger partial charge >= 0.3 is 0 Å². The highest BCUT2D eigenvalue weighted by molar-refractivity contribution is 8.00. The molecule has 1 aromatic carbocycles. The van der Waals surface area contributed by atoms with E-state index in [9.17, 15) is 9.90 Å². The molecule has 0 atom stereocenters. The molecule has 0 aliphatic carbocycles. The van der Waals surface area contributed by atoms with E-state index in [1.807, 2.05) is 6.07 Å². The second-order valence-electron chi connectivity index (χ2n) is 3.07. The molecule has 4 heteroatoms. The molecule has 0 saturated carbocycles. The number of thioether (sulfide) groups is 1. The summed E-state index contributed by atoms with van der Waals surface area (Å²) in [6, 6.07) is 6.89. The number of hydrogen-bond donors (Lipinski definition) is 1. The lowest BCUT2D eigenvalue weighted by atomic mass is 10.3. The normalized spacial score (nSPS) is 9.86. The third kappa shape index (κ3) is 3.30. The maximum absolute atomic E-state index is 11.2. The van der Waals surface area contributed by atoms with Gasteiger partial charge in [-0.1, -0.05) is 6.07 Å². The predicted octanol–water partition coefficient (Wildman–Crippen LogP) is 1.57. The van der Waals surface area contributed by atoms with E-state index in [-0.39, 0.29) is 11.7 Å². The van der Waals surface area contributed by atoms with Crippen LogP contribution in [0.2, 0.25) is 0 Å². The van der Waals surface area contributed by atoms with Crippen molar-refractivity contribution >= 4 is 17.7 Å². The number of phenols is 1. The Morgan fingerprint density at radius 2 is 2.21 bits per heavy atom. The van der Waals surface area contributed by atoms with Crippen molar-refractivity contribution in [3.63, 3.8) is 0 Å². The topological polar surface area (TPSA) is 40.5 Å². The fraction of sp³-hybridized carbons (Fsp3) is 0.300. The molecule has 1 amide bonds. The number of nitrogens with zero attached hydrogens (tertiary/aromatic N) is 1. The number of rotatable bonds is 3. The predicted molar refractivity (Wildman–Crippen MR) is 57.5 cm³/mol. The van der Waals surface area contributed by atoms with Crippen LogP contribution in [0.25, 0.3) is 0 Å². The highest BCUT2D eigenvalue weighted by atomic mass is 32.2. The summed E-state index contributed by atoms with van der Waals surface area (Å²) in [5.41, 5.74) is 0. The smallest absolute Gasteiger partial charge is 0.232 e. The third-order valence-electron chi connectivity index (χ3n) is 1.68. The Bertz CT molecular complexity index is 326. The highest BCUT2D eigenvalue weighted by Crippen LogP contribution is 2.21. The molecule has 1 aromatic rings. The van der Waals surface area contributed by atoms with Gasteiger partial charge in [-0.2, -0.15) is 0 Å². The van der Waals surface area contributed by atoms with Crippen LogP contribution < -0.4 is 0 Å². The van der Waals surface area contributed by atoms with Gasteiger partial charge in [0.25, 0.3) is 0 Å². The van der Waals surface area contributed by atoms with Crippen LogP contribution in [0.5, 0.6) is 5.75 Å². The lowest BCUT2D eigenvalue weighted by Gasteiger charge is -2.09. The lowest BCUT2D eigenvalue weighted by molar-refractivity contribution is -0.125. The van der Waals surface area contributed by atoms with Gasteiger partial charge < -0.3 is 10.0 Å². The van der Waals surface area contributed by atoms with Gasteiger partial charge in [-0.15, -0.1) is 11.8 Å². The summed E-state index contributed by atoms with van der Waals surface area (Å²) < 4.78 is 0. The second kappa shape index (κ2) is 4.91. The van der Waals surface area contributed by atoms with Gasteiger partial charge in [-0.25, -0.2) is 0 Å². The van der Waals surface area contributed by atoms with E-state index in [2.05, 4.69) is 0 Å². The van der Waals surface area contributed by atoms with Crippen molar-refractivity contribution in [3.05, 3.63) is 24.3 Å². The molecule has 76 valence electrons. The minimum absolute atomic E-state index is 0.0679. The summed E-state index contributed by atoms with van der Waals surface area (Å²) in [4.78, 5) is 13.7. The Balaban J connectivity index is 2.50. The molecule has 0 spiro atoms. The molecule has 3 nitrogen and oxygen atoms in total. The molecule has 1 rings (SSSR count). The fourth-order valence-corrected chi connectivity index (χ4v) is 1.77. The second-order valence-corrected chi connectivity index (χ2v) is 4.12. The van der Waals surface area contributed by atoms with E-state index in [1.54, 1.807) is 37.2 Å². The average Bonchev–Trinajstić information content (AvgIpc) is 2.14. The summed E-state index contributed by atoms with van der Waals surface area (Å²) in [6.45, 7) is 0. The molecule has 1 N–H and O–H groups in total.